The first kappa shape index (κ1) is 20.6. The van der Waals surface area contributed by atoms with Crippen molar-refractivity contribution in [3.05, 3.63) is 72.1 Å². The van der Waals surface area contributed by atoms with Crippen LogP contribution in [-0.2, 0) is 16.8 Å². The molecular formula is C27H31N3O3. The maximum Gasteiger partial charge on any atom is 0.121 e. The van der Waals surface area contributed by atoms with E-state index in [-0.39, 0.29) is 11.1 Å². The van der Waals surface area contributed by atoms with E-state index in [2.05, 4.69) is 57.4 Å². The highest BCUT2D eigenvalue weighted by atomic mass is 16.5. The van der Waals surface area contributed by atoms with Gasteiger partial charge in [-0.05, 0) is 54.8 Å². The summed E-state index contributed by atoms with van der Waals surface area (Å²) in [5, 5.41) is 3.87. The van der Waals surface area contributed by atoms with E-state index in [1.54, 1.807) is 14.2 Å². The van der Waals surface area contributed by atoms with E-state index in [0.717, 1.165) is 61.8 Å². The first-order chi connectivity index (χ1) is 16.1. The Kier molecular flexibility index (Phi) is 4.89. The summed E-state index contributed by atoms with van der Waals surface area (Å²) in [6.07, 6.45) is 5.25. The molecule has 172 valence electrons. The fraction of sp³-hybridized carbons (Fsp3) is 0.407. The highest BCUT2D eigenvalue weighted by Gasteiger charge is 2.53. The van der Waals surface area contributed by atoms with Crippen LogP contribution in [0.25, 0.3) is 5.69 Å². The predicted octanol–water partition coefficient (Wildman–Crippen LogP) is 4.57. The fourth-order valence-corrected chi connectivity index (χ4v) is 5.86. The summed E-state index contributed by atoms with van der Waals surface area (Å²) in [5.41, 5.74) is 4.61. The molecule has 6 rings (SSSR count). The molecule has 3 aliphatic rings. The number of piperidine rings is 1. The smallest absolute Gasteiger partial charge is 0.121 e. The Labute approximate surface area is 195 Å². The SMILES string of the molecule is COc1ccc(CN2CCC3(CC2)CC2(CO3)Nc3cc(OC)ccc3-n3cccc32)cc1. The van der Waals surface area contributed by atoms with E-state index in [0.29, 0.717) is 6.61 Å². The van der Waals surface area contributed by atoms with Crippen molar-refractivity contribution in [2.24, 2.45) is 0 Å². The number of methoxy groups -OCH3 is 2. The Balaban J connectivity index is 1.19. The molecule has 0 radical (unpaired) electrons. The van der Waals surface area contributed by atoms with Crippen LogP contribution in [0.5, 0.6) is 11.5 Å². The molecule has 2 aromatic carbocycles. The monoisotopic (exact) mass is 445 g/mol. The van der Waals surface area contributed by atoms with Crippen LogP contribution >= 0.6 is 0 Å². The molecule has 33 heavy (non-hydrogen) atoms. The van der Waals surface area contributed by atoms with Gasteiger partial charge in [0.1, 0.15) is 17.0 Å². The Morgan fingerprint density at radius 2 is 1.73 bits per heavy atom. The van der Waals surface area contributed by atoms with E-state index in [1.165, 1.54) is 11.3 Å². The third-order valence-corrected chi connectivity index (χ3v) is 7.66. The van der Waals surface area contributed by atoms with Crippen molar-refractivity contribution >= 4 is 5.69 Å². The molecule has 6 heteroatoms. The molecule has 0 saturated carbocycles. The van der Waals surface area contributed by atoms with Gasteiger partial charge in [0.2, 0.25) is 0 Å². The van der Waals surface area contributed by atoms with Crippen LogP contribution in [0.4, 0.5) is 5.69 Å². The summed E-state index contributed by atoms with van der Waals surface area (Å²) in [5.74, 6) is 1.78. The van der Waals surface area contributed by atoms with Gasteiger partial charge in [0.15, 0.2) is 0 Å². The zero-order valence-corrected chi connectivity index (χ0v) is 19.3. The molecule has 1 atom stereocenters. The summed E-state index contributed by atoms with van der Waals surface area (Å²) in [6, 6.07) is 19.0. The third kappa shape index (κ3) is 3.49. The Bertz CT molecular complexity index is 1150. The minimum Gasteiger partial charge on any atom is -0.497 e. The molecule has 2 spiro atoms. The molecule has 0 bridgehead atoms. The van der Waals surface area contributed by atoms with Crippen LogP contribution in [0, 0.1) is 0 Å². The molecule has 0 amide bonds. The Morgan fingerprint density at radius 1 is 0.970 bits per heavy atom. The molecule has 2 saturated heterocycles. The maximum atomic E-state index is 6.65. The second-order valence-corrected chi connectivity index (χ2v) is 9.63. The number of aromatic nitrogens is 1. The van der Waals surface area contributed by atoms with E-state index >= 15 is 0 Å². The number of anilines is 1. The van der Waals surface area contributed by atoms with Crippen molar-refractivity contribution in [3.63, 3.8) is 0 Å². The summed E-state index contributed by atoms with van der Waals surface area (Å²) in [4.78, 5) is 2.54. The standard InChI is InChI=1S/C27H31N3O3/c1-31-21-7-5-20(6-8-21)17-29-14-11-26(12-15-29)18-27(19-33-26)25-4-3-13-30(25)24-10-9-22(32-2)16-23(24)28-27/h3-10,13,16,28H,11-12,14-15,17-19H2,1-2H3. The van der Waals surface area contributed by atoms with E-state index < -0.39 is 0 Å². The lowest BCUT2D eigenvalue weighted by Gasteiger charge is -2.41. The fourth-order valence-electron chi connectivity index (χ4n) is 5.86. The predicted molar refractivity (Wildman–Crippen MR) is 128 cm³/mol. The van der Waals surface area contributed by atoms with Crippen molar-refractivity contribution in [1.29, 1.82) is 0 Å². The largest absolute Gasteiger partial charge is 0.497 e. The molecule has 4 heterocycles. The molecule has 1 unspecified atom stereocenters. The zero-order valence-electron chi connectivity index (χ0n) is 19.3. The molecule has 2 fully saturated rings. The van der Waals surface area contributed by atoms with Crippen molar-refractivity contribution in [3.8, 4) is 17.2 Å². The van der Waals surface area contributed by atoms with Crippen molar-refractivity contribution < 1.29 is 14.2 Å². The van der Waals surface area contributed by atoms with Gasteiger partial charge in [0, 0.05) is 38.3 Å². The minimum atomic E-state index is -0.207. The molecule has 0 aliphatic carbocycles. The first-order valence-electron chi connectivity index (χ1n) is 11.8. The van der Waals surface area contributed by atoms with Crippen LogP contribution in [0.15, 0.2) is 60.8 Å². The summed E-state index contributed by atoms with van der Waals surface area (Å²) >= 11 is 0. The van der Waals surface area contributed by atoms with Crippen molar-refractivity contribution in [1.82, 2.24) is 9.47 Å². The molecule has 3 aliphatic heterocycles. The van der Waals surface area contributed by atoms with Crippen molar-refractivity contribution in [2.75, 3.05) is 39.2 Å². The Hall–Kier alpha value is -2.96. The lowest BCUT2D eigenvalue weighted by atomic mass is 9.79. The van der Waals surface area contributed by atoms with Crippen molar-refractivity contribution in [2.45, 2.75) is 36.9 Å². The van der Waals surface area contributed by atoms with Gasteiger partial charge >= 0.3 is 0 Å². The number of hydrogen-bond acceptors (Lipinski definition) is 5. The van der Waals surface area contributed by atoms with Gasteiger partial charge in [-0.15, -0.1) is 0 Å². The van der Waals surface area contributed by atoms with Crippen LogP contribution in [0.2, 0.25) is 0 Å². The summed E-state index contributed by atoms with van der Waals surface area (Å²) < 4.78 is 19.7. The second kappa shape index (κ2) is 7.82. The quantitative estimate of drug-likeness (QED) is 0.638. The first-order valence-corrected chi connectivity index (χ1v) is 11.8. The number of ether oxygens (including phenoxy) is 3. The van der Waals surface area contributed by atoms with Crippen LogP contribution in [0.1, 0.15) is 30.5 Å². The lowest BCUT2D eigenvalue weighted by molar-refractivity contribution is -0.0451. The summed E-state index contributed by atoms with van der Waals surface area (Å²) in [7, 11) is 3.43. The van der Waals surface area contributed by atoms with Gasteiger partial charge < -0.3 is 24.1 Å². The van der Waals surface area contributed by atoms with E-state index in [9.17, 15) is 0 Å². The van der Waals surface area contributed by atoms with Crippen LogP contribution in [-0.4, -0.2) is 49.0 Å². The van der Waals surface area contributed by atoms with Gasteiger partial charge in [0.25, 0.3) is 0 Å². The number of nitrogens with one attached hydrogen (secondary N) is 1. The van der Waals surface area contributed by atoms with Gasteiger partial charge in [-0.3, -0.25) is 4.90 Å². The molecule has 3 aromatic rings. The Morgan fingerprint density at radius 3 is 2.48 bits per heavy atom. The van der Waals surface area contributed by atoms with Crippen LogP contribution < -0.4 is 14.8 Å². The van der Waals surface area contributed by atoms with E-state index in [1.807, 2.05) is 18.2 Å². The normalized spacial score (nSPS) is 23.2. The number of nitrogens with zero attached hydrogens (tertiary/aromatic N) is 2. The number of rotatable bonds is 4. The third-order valence-electron chi connectivity index (χ3n) is 7.66. The average Bonchev–Trinajstić information content (AvgIpc) is 3.48. The number of likely N-dealkylation sites (tertiary alicyclic amines) is 1. The highest BCUT2D eigenvalue weighted by Crippen LogP contribution is 2.50. The van der Waals surface area contributed by atoms with Gasteiger partial charge in [-0.25, -0.2) is 0 Å². The second-order valence-electron chi connectivity index (χ2n) is 9.63. The number of hydrogen-bond donors (Lipinski definition) is 1. The highest BCUT2D eigenvalue weighted by molar-refractivity contribution is 5.69. The topological polar surface area (TPSA) is 47.9 Å². The average molecular weight is 446 g/mol. The van der Waals surface area contributed by atoms with Gasteiger partial charge in [-0.1, -0.05) is 12.1 Å². The van der Waals surface area contributed by atoms with Crippen LogP contribution in [0.3, 0.4) is 0 Å². The number of fused-ring (bicyclic) bond motifs is 4. The molecule has 1 N–H and O–H groups in total. The zero-order chi connectivity index (χ0) is 22.5. The molecule has 1 aromatic heterocycles. The lowest BCUT2D eigenvalue weighted by Crippen LogP contribution is -2.46. The maximum absolute atomic E-state index is 6.65. The summed E-state index contributed by atoms with van der Waals surface area (Å²) in [6.45, 7) is 3.76. The minimum absolute atomic E-state index is 0.0745. The van der Waals surface area contributed by atoms with Gasteiger partial charge in [-0.2, -0.15) is 0 Å². The van der Waals surface area contributed by atoms with E-state index in [4.69, 9.17) is 14.2 Å². The number of benzene rings is 2. The molecule has 6 nitrogen and oxygen atoms in total. The molecular weight excluding hydrogens is 414 g/mol. The van der Waals surface area contributed by atoms with Gasteiger partial charge in [0.05, 0.1) is 43.5 Å².